The van der Waals surface area contributed by atoms with E-state index in [4.69, 9.17) is 5.73 Å². The maximum absolute atomic E-state index is 12.4. The highest BCUT2D eigenvalue weighted by molar-refractivity contribution is 7.89. The highest BCUT2D eigenvalue weighted by atomic mass is 32.2. The first kappa shape index (κ1) is 16.1. The Morgan fingerprint density at radius 3 is 2.47 bits per heavy atom. The van der Waals surface area contributed by atoms with Crippen LogP contribution >= 0.6 is 0 Å². The Labute approximate surface area is 116 Å². The number of rotatable bonds is 6. The lowest BCUT2D eigenvalue weighted by molar-refractivity contribution is 0.393. The molecule has 0 aliphatic carbocycles. The maximum Gasteiger partial charge on any atom is 0.242 e. The van der Waals surface area contributed by atoms with Crippen LogP contribution in [0, 0.1) is 5.92 Å². The van der Waals surface area contributed by atoms with Gasteiger partial charge >= 0.3 is 0 Å². The van der Waals surface area contributed by atoms with E-state index in [9.17, 15) is 8.42 Å². The molecule has 4 nitrogen and oxygen atoms in total. The summed E-state index contributed by atoms with van der Waals surface area (Å²) in [4.78, 5) is 0.313. The summed E-state index contributed by atoms with van der Waals surface area (Å²) >= 11 is 0. The molecule has 0 radical (unpaired) electrons. The molecule has 0 saturated heterocycles. The number of nitrogens with two attached hydrogens (primary N) is 1. The van der Waals surface area contributed by atoms with Crippen molar-refractivity contribution in [3.63, 3.8) is 0 Å². The molecule has 0 bridgehead atoms. The zero-order chi connectivity index (χ0) is 14.6. The molecule has 0 aliphatic rings. The molecule has 2 atom stereocenters. The third kappa shape index (κ3) is 4.03. The molecule has 1 aromatic carbocycles. The molecule has 2 N–H and O–H groups in total. The van der Waals surface area contributed by atoms with Crippen molar-refractivity contribution in [2.45, 2.75) is 38.1 Å². The van der Waals surface area contributed by atoms with E-state index < -0.39 is 10.0 Å². The Hall–Kier alpha value is -0.910. The summed E-state index contributed by atoms with van der Waals surface area (Å²) in [7, 11) is -1.80. The molecule has 108 valence electrons. The normalized spacial score (nSPS) is 15.5. The van der Waals surface area contributed by atoms with Gasteiger partial charge in [0.2, 0.25) is 10.0 Å². The molecule has 1 rings (SSSR count). The second kappa shape index (κ2) is 6.50. The molecular weight excluding hydrogens is 260 g/mol. The maximum atomic E-state index is 12.4. The molecule has 0 spiro atoms. The van der Waals surface area contributed by atoms with E-state index in [0.29, 0.717) is 17.4 Å². The first-order valence-electron chi connectivity index (χ1n) is 6.61. The Balaban J connectivity index is 3.03. The first-order chi connectivity index (χ1) is 8.78. The third-order valence-electron chi connectivity index (χ3n) is 3.36. The Morgan fingerprint density at radius 2 is 1.95 bits per heavy atom. The molecular formula is C14H24N2O2S. The monoisotopic (exact) mass is 284 g/mol. The van der Waals surface area contributed by atoms with Gasteiger partial charge in [0.15, 0.2) is 0 Å². The summed E-state index contributed by atoms with van der Waals surface area (Å²) in [5, 5.41) is 0. The van der Waals surface area contributed by atoms with Gasteiger partial charge in [-0.25, -0.2) is 12.7 Å². The summed E-state index contributed by atoms with van der Waals surface area (Å²) in [6.45, 7) is 6.47. The molecule has 0 aromatic heterocycles. The minimum Gasteiger partial charge on any atom is -0.324 e. The second-order valence-electron chi connectivity index (χ2n) is 5.16. The number of sulfonamides is 1. The minimum absolute atomic E-state index is 0.171. The number of hydrogen-bond donors (Lipinski definition) is 1. The fourth-order valence-corrected chi connectivity index (χ4v) is 3.15. The first-order valence-corrected chi connectivity index (χ1v) is 8.05. The van der Waals surface area contributed by atoms with Crippen LogP contribution < -0.4 is 5.73 Å². The second-order valence-corrected chi connectivity index (χ2v) is 7.21. The largest absolute Gasteiger partial charge is 0.324 e. The molecule has 0 fully saturated rings. The molecule has 0 aliphatic heterocycles. The predicted molar refractivity (Wildman–Crippen MR) is 78.3 cm³/mol. The molecule has 1 aromatic rings. The fraction of sp³-hybridized carbons (Fsp3) is 0.571. The van der Waals surface area contributed by atoms with Gasteiger partial charge in [0.1, 0.15) is 0 Å². The van der Waals surface area contributed by atoms with Gasteiger partial charge in [0.25, 0.3) is 0 Å². The fourth-order valence-electron chi connectivity index (χ4n) is 1.80. The topological polar surface area (TPSA) is 63.4 Å². The Kier molecular flexibility index (Phi) is 5.52. The SMILES string of the molecule is CCC(C)CN(C)S(=O)(=O)c1cccc(C(C)N)c1. The number of hydrogen-bond acceptors (Lipinski definition) is 3. The van der Waals surface area contributed by atoms with Crippen LogP contribution in [0.3, 0.4) is 0 Å². The van der Waals surface area contributed by atoms with Gasteiger partial charge in [-0.05, 0) is 30.5 Å². The van der Waals surface area contributed by atoms with Gasteiger partial charge in [-0.1, -0.05) is 32.4 Å². The van der Waals surface area contributed by atoms with E-state index in [1.807, 2.05) is 19.9 Å². The van der Waals surface area contributed by atoms with E-state index in [1.54, 1.807) is 25.2 Å². The minimum atomic E-state index is -3.42. The summed E-state index contributed by atoms with van der Waals surface area (Å²) in [5.74, 6) is 0.344. The van der Waals surface area contributed by atoms with Crippen molar-refractivity contribution in [2.24, 2.45) is 11.7 Å². The molecule has 19 heavy (non-hydrogen) atoms. The lowest BCUT2D eigenvalue weighted by Crippen LogP contribution is -2.31. The van der Waals surface area contributed by atoms with E-state index >= 15 is 0 Å². The lowest BCUT2D eigenvalue weighted by atomic mass is 10.1. The summed E-state index contributed by atoms with van der Waals surface area (Å²) in [6, 6.07) is 6.69. The highest BCUT2D eigenvalue weighted by Gasteiger charge is 2.22. The molecule has 0 heterocycles. The number of benzene rings is 1. The van der Waals surface area contributed by atoms with Crippen molar-refractivity contribution in [2.75, 3.05) is 13.6 Å². The van der Waals surface area contributed by atoms with Crippen LogP contribution in [0.4, 0.5) is 0 Å². The van der Waals surface area contributed by atoms with E-state index in [0.717, 1.165) is 12.0 Å². The van der Waals surface area contributed by atoms with E-state index in [2.05, 4.69) is 6.92 Å². The van der Waals surface area contributed by atoms with Crippen LogP contribution in [0.1, 0.15) is 38.8 Å². The molecule has 5 heteroatoms. The van der Waals surface area contributed by atoms with Crippen molar-refractivity contribution >= 4 is 10.0 Å². The highest BCUT2D eigenvalue weighted by Crippen LogP contribution is 2.20. The smallest absolute Gasteiger partial charge is 0.242 e. The van der Waals surface area contributed by atoms with Crippen LogP contribution in [-0.2, 0) is 10.0 Å². The van der Waals surface area contributed by atoms with Gasteiger partial charge < -0.3 is 5.73 Å². The van der Waals surface area contributed by atoms with Crippen molar-refractivity contribution in [1.29, 1.82) is 0 Å². The van der Waals surface area contributed by atoms with Crippen LogP contribution in [0.25, 0.3) is 0 Å². The van der Waals surface area contributed by atoms with Crippen LogP contribution in [0.5, 0.6) is 0 Å². The third-order valence-corrected chi connectivity index (χ3v) is 5.18. The van der Waals surface area contributed by atoms with Crippen molar-refractivity contribution in [3.8, 4) is 0 Å². The van der Waals surface area contributed by atoms with Crippen molar-refractivity contribution in [3.05, 3.63) is 29.8 Å². The van der Waals surface area contributed by atoms with Crippen molar-refractivity contribution < 1.29 is 8.42 Å². The summed E-state index contributed by atoms with van der Waals surface area (Å²) in [5.41, 5.74) is 6.63. The average molecular weight is 284 g/mol. The molecule has 0 amide bonds. The van der Waals surface area contributed by atoms with Gasteiger partial charge in [0, 0.05) is 19.6 Å². The van der Waals surface area contributed by atoms with Crippen LogP contribution in [0.15, 0.2) is 29.2 Å². The van der Waals surface area contributed by atoms with Crippen LogP contribution in [0.2, 0.25) is 0 Å². The number of nitrogens with zero attached hydrogens (tertiary/aromatic N) is 1. The average Bonchev–Trinajstić information content (AvgIpc) is 2.38. The molecule has 0 saturated carbocycles. The quantitative estimate of drug-likeness (QED) is 0.872. The zero-order valence-electron chi connectivity index (χ0n) is 12.1. The predicted octanol–water partition coefficient (Wildman–Crippen LogP) is 2.37. The van der Waals surface area contributed by atoms with Crippen LogP contribution in [-0.4, -0.2) is 26.3 Å². The zero-order valence-corrected chi connectivity index (χ0v) is 12.9. The van der Waals surface area contributed by atoms with Gasteiger partial charge in [0.05, 0.1) is 4.90 Å². The standard InChI is InChI=1S/C14H24N2O2S/c1-5-11(2)10-16(4)19(17,18)14-8-6-7-13(9-14)12(3)15/h6-9,11-12H,5,10,15H2,1-4H3. The van der Waals surface area contributed by atoms with Crippen molar-refractivity contribution in [1.82, 2.24) is 4.31 Å². The van der Waals surface area contributed by atoms with Gasteiger partial charge in [-0.3, -0.25) is 0 Å². The van der Waals surface area contributed by atoms with E-state index in [-0.39, 0.29) is 6.04 Å². The summed E-state index contributed by atoms with van der Waals surface area (Å²) < 4.78 is 26.3. The lowest BCUT2D eigenvalue weighted by Gasteiger charge is -2.21. The van der Waals surface area contributed by atoms with E-state index in [1.165, 1.54) is 4.31 Å². The Morgan fingerprint density at radius 1 is 1.32 bits per heavy atom. The van der Waals surface area contributed by atoms with Gasteiger partial charge in [-0.15, -0.1) is 0 Å². The molecule has 2 unspecified atom stereocenters. The summed E-state index contributed by atoms with van der Waals surface area (Å²) in [6.07, 6.45) is 0.958. The van der Waals surface area contributed by atoms with Gasteiger partial charge in [-0.2, -0.15) is 0 Å². The Bertz CT molecular complexity index is 512.